The van der Waals surface area contributed by atoms with E-state index in [0.29, 0.717) is 30.0 Å². The summed E-state index contributed by atoms with van der Waals surface area (Å²) in [5.74, 6) is -3.04. The molecule has 0 bridgehead atoms. The molecule has 2 heterocycles. The summed E-state index contributed by atoms with van der Waals surface area (Å²) in [4.78, 5) is 56.6. The maximum absolute atomic E-state index is 13.5. The highest BCUT2D eigenvalue weighted by Crippen LogP contribution is 2.33. The van der Waals surface area contributed by atoms with Gasteiger partial charge in [-0.3, -0.25) is 24.2 Å². The predicted octanol–water partition coefficient (Wildman–Crippen LogP) is 1.50. The fourth-order valence-electron chi connectivity index (χ4n) is 4.48. The van der Waals surface area contributed by atoms with Gasteiger partial charge >= 0.3 is 0 Å². The lowest BCUT2D eigenvalue weighted by Crippen LogP contribution is -2.66. The van der Waals surface area contributed by atoms with Gasteiger partial charge < -0.3 is 16.0 Å². The zero-order valence-electron chi connectivity index (χ0n) is 20.9. The van der Waals surface area contributed by atoms with Crippen LogP contribution in [0.5, 0.6) is 0 Å². The van der Waals surface area contributed by atoms with Gasteiger partial charge in [-0.1, -0.05) is 36.4 Å². The fourth-order valence-corrected chi connectivity index (χ4v) is 4.48. The first-order chi connectivity index (χ1) is 17.8. The summed E-state index contributed by atoms with van der Waals surface area (Å²) in [6, 6.07) is 13.3. The quantitative estimate of drug-likeness (QED) is 0.422. The molecule has 1 atom stereocenters. The number of aromatic nitrogens is 1. The van der Waals surface area contributed by atoms with E-state index in [9.17, 15) is 19.2 Å². The van der Waals surface area contributed by atoms with Gasteiger partial charge in [0.2, 0.25) is 17.6 Å². The van der Waals surface area contributed by atoms with Crippen molar-refractivity contribution >= 4 is 34.9 Å². The zero-order valence-corrected chi connectivity index (χ0v) is 20.9. The second-order valence-electron chi connectivity index (χ2n) is 9.42. The van der Waals surface area contributed by atoms with E-state index in [1.54, 1.807) is 38.2 Å². The Morgan fingerprint density at radius 1 is 0.973 bits per heavy atom. The number of hydrogen-bond acceptors (Lipinski definition) is 7. The van der Waals surface area contributed by atoms with Gasteiger partial charge in [0.25, 0.3) is 5.91 Å². The number of pyridine rings is 1. The summed E-state index contributed by atoms with van der Waals surface area (Å²) < 4.78 is 0. The highest BCUT2D eigenvalue weighted by molar-refractivity contribution is 6.38. The summed E-state index contributed by atoms with van der Waals surface area (Å²) in [6.45, 7) is 3.52. The minimum absolute atomic E-state index is 0.0839. The van der Waals surface area contributed by atoms with Crippen molar-refractivity contribution in [3.05, 3.63) is 66.0 Å². The van der Waals surface area contributed by atoms with E-state index in [1.807, 2.05) is 30.3 Å². The van der Waals surface area contributed by atoms with Gasteiger partial charge in [-0.05, 0) is 50.8 Å². The molecule has 10 nitrogen and oxygen atoms in total. The summed E-state index contributed by atoms with van der Waals surface area (Å²) in [5.41, 5.74) is 1.36. The second kappa shape index (κ2) is 11.2. The van der Waals surface area contributed by atoms with E-state index in [1.165, 1.54) is 0 Å². The molecule has 1 saturated carbocycles. The van der Waals surface area contributed by atoms with Gasteiger partial charge in [0.05, 0.1) is 23.7 Å². The molecule has 1 aromatic heterocycles. The number of hydrogen-bond donors (Lipinski definition) is 3. The molecule has 1 aromatic carbocycles. The SMILES string of the molecule is CC1=NN=C(C)C1C(=O)NC1(C(=O)N[C@H](Cc2ccccc2)C(=O)C(=O)NCc2ccccn2)CCC1. The Morgan fingerprint density at radius 3 is 2.24 bits per heavy atom. The van der Waals surface area contributed by atoms with Crippen molar-refractivity contribution in [1.29, 1.82) is 0 Å². The molecular weight excluding hydrogens is 472 g/mol. The van der Waals surface area contributed by atoms with Crippen LogP contribution in [0.25, 0.3) is 0 Å². The summed E-state index contributed by atoms with van der Waals surface area (Å²) in [6.07, 6.45) is 3.34. The average Bonchev–Trinajstić information content (AvgIpc) is 3.22. The molecule has 10 heteroatoms. The number of carbonyl (C=O) groups is 4. The topological polar surface area (TPSA) is 142 Å². The number of nitrogens with one attached hydrogen (secondary N) is 3. The summed E-state index contributed by atoms with van der Waals surface area (Å²) in [5, 5.41) is 16.2. The molecule has 37 heavy (non-hydrogen) atoms. The third kappa shape index (κ3) is 5.96. The number of Topliss-reactive ketones (excluding diaryl/α,β-unsaturated/α-hetero) is 1. The first-order valence-corrected chi connectivity index (χ1v) is 12.3. The summed E-state index contributed by atoms with van der Waals surface area (Å²) >= 11 is 0. The second-order valence-corrected chi connectivity index (χ2v) is 9.42. The van der Waals surface area contributed by atoms with Gasteiger partial charge in [-0.25, -0.2) is 0 Å². The van der Waals surface area contributed by atoms with E-state index in [2.05, 4.69) is 31.1 Å². The molecule has 1 aliphatic heterocycles. The van der Waals surface area contributed by atoms with Crippen LogP contribution in [-0.2, 0) is 32.1 Å². The Hall–Kier alpha value is -4.21. The third-order valence-electron chi connectivity index (χ3n) is 6.75. The van der Waals surface area contributed by atoms with Crippen LogP contribution in [0.3, 0.4) is 0 Å². The Labute approximate surface area is 215 Å². The number of benzene rings is 1. The first kappa shape index (κ1) is 25.9. The molecule has 0 saturated heterocycles. The molecule has 0 spiro atoms. The van der Waals surface area contributed by atoms with Crippen LogP contribution < -0.4 is 16.0 Å². The molecule has 192 valence electrons. The lowest BCUT2D eigenvalue weighted by atomic mass is 9.75. The summed E-state index contributed by atoms with van der Waals surface area (Å²) in [7, 11) is 0. The molecule has 1 aliphatic carbocycles. The Balaban J connectivity index is 1.47. The van der Waals surface area contributed by atoms with E-state index in [0.717, 1.165) is 12.0 Å². The van der Waals surface area contributed by atoms with Crippen molar-refractivity contribution in [2.24, 2.45) is 16.1 Å². The normalized spacial score (nSPS) is 17.0. The highest BCUT2D eigenvalue weighted by Gasteiger charge is 2.48. The predicted molar refractivity (Wildman–Crippen MR) is 138 cm³/mol. The number of carbonyl (C=O) groups excluding carboxylic acids is 4. The standard InChI is InChI=1S/C27H30N6O4/c1-17-22(18(2)33-32-17)24(35)31-27(12-8-13-27)26(37)30-21(15-19-9-4-3-5-10-19)23(34)25(36)29-16-20-11-6-7-14-28-20/h3-7,9-11,14,21-22H,8,12-13,15-16H2,1-2H3,(H,29,36)(H,30,37)(H,31,35)/t21-/m1/s1. The Morgan fingerprint density at radius 2 is 1.65 bits per heavy atom. The van der Waals surface area contributed by atoms with Crippen molar-refractivity contribution in [2.75, 3.05) is 0 Å². The van der Waals surface area contributed by atoms with E-state index >= 15 is 0 Å². The minimum Gasteiger partial charge on any atom is -0.344 e. The monoisotopic (exact) mass is 502 g/mol. The van der Waals surface area contributed by atoms with Crippen LogP contribution in [-0.4, -0.2) is 51.5 Å². The van der Waals surface area contributed by atoms with Crippen molar-refractivity contribution < 1.29 is 19.2 Å². The molecule has 0 radical (unpaired) electrons. The minimum atomic E-state index is -1.15. The number of rotatable bonds is 10. The molecule has 4 rings (SSSR count). The van der Waals surface area contributed by atoms with E-state index in [-0.39, 0.29) is 18.9 Å². The van der Waals surface area contributed by atoms with Crippen LogP contribution in [0.1, 0.15) is 44.4 Å². The molecule has 3 amide bonds. The van der Waals surface area contributed by atoms with Crippen molar-refractivity contribution in [1.82, 2.24) is 20.9 Å². The van der Waals surface area contributed by atoms with Crippen LogP contribution >= 0.6 is 0 Å². The van der Waals surface area contributed by atoms with E-state index < -0.39 is 35.1 Å². The van der Waals surface area contributed by atoms with Crippen molar-refractivity contribution in [3.63, 3.8) is 0 Å². The maximum Gasteiger partial charge on any atom is 0.289 e. The lowest BCUT2D eigenvalue weighted by Gasteiger charge is -2.42. The van der Waals surface area contributed by atoms with E-state index in [4.69, 9.17) is 0 Å². The molecule has 1 fully saturated rings. The zero-order chi connectivity index (χ0) is 26.4. The van der Waals surface area contributed by atoms with Gasteiger partial charge in [0.15, 0.2) is 0 Å². The fraction of sp³-hybridized carbons (Fsp3) is 0.370. The largest absolute Gasteiger partial charge is 0.344 e. The van der Waals surface area contributed by atoms with Gasteiger partial charge in [-0.15, -0.1) is 0 Å². The lowest BCUT2D eigenvalue weighted by molar-refractivity contribution is -0.142. The molecule has 3 N–H and O–H groups in total. The third-order valence-corrected chi connectivity index (χ3v) is 6.75. The Bertz CT molecular complexity index is 1220. The van der Waals surface area contributed by atoms with Crippen LogP contribution in [0.2, 0.25) is 0 Å². The maximum atomic E-state index is 13.5. The molecule has 0 unspecified atom stereocenters. The average molecular weight is 503 g/mol. The molecule has 2 aliphatic rings. The number of nitrogens with zero attached hydrogens (tertiary/aromatic N) is 3. The van der Waals surface area contributed by atoms with Crippen LogP contribution in [0, 0.1) is 5.92 Å². The van der Waals surface area contributed by atoms with Crippen LogP contribution in [0.15, 0.2) is 64.9 Å². The van der Waals surface area contributed by atoms with Gasteiger partial charge in [0, 0.05) is 12.6 Å². The molecule has 2 aromatic rings. The number of amides is 3. The van der Waals surface area contributed by atoms with Gasteiger partial charge in [-0.2, -0.15) is 10.2 Å². The number of ketones is 1. The van der Waals surface area contributed by atoms with Crippen molar-refractivity contribution in [2.45, 2.75) is 57.7 Å². The first-order valence-electron chi connectivity index (χ1n) is 12.3. The smallest absolute Gasteiger partial charge is 0.289 e. The van der Waals surface area contributed by atoms with Crippen LogP contribution in [0.4, 0.5) is 0 Å². The van der Waals surface area contributed by atoms with Crippen molar-refractivity contribution in [3.8, 4) is 0 Å². The molecular formula is C27H30N6O4. The Kier molecular flexibility index (Phi) is 7.86. The van der Waals surface area contributed by atoms with Gasteiger partial charge in [0.1, 0.15) is 17.5 Å². The highest BCUT2D eigenvalue weighted by atomic mass is 16.2.